The molecular weight excluding hydrogens is 312 g/mol. The van der Waals surface area contributed by atoms with E-state index in [2.05, 4.69) is 10.2 Å². The quantitative estimate of drug-likeness (QED) is 0.836. The van der Waals surface area contributed by atoms with Gasteiger partial charge in [0.2, 0.25) is 5.91 Å². The van der Waals surface area contributed by atoms with Gasteiger partial charge in [-0.3, -0.25) is 9.59 Å². The monoisotopic (exact) mass is 330 g/mol. The molecule has 2 heterocycles. The Hall–Kier alpha value is -2.90. The molecule has 0 radical (unpaired) electrons. The lowest BCUT2D eigenvalue weighted by Gasteiger charge is -2.33. The highest BCUT2D eigenvalue weighted by Crippen LogP contribution is 2.28. The number of hydrogen-bond donors (Lipinski definition) is 0. The Morgan fingerprint density at radius 3 is 2.42 bits per heavy atom. The highest BCUT2D eigenvalue weighted by atomic mass is 16.5. The first-order valence-electron chi connectivity index (χ1n) is 7.62. The SMILES string of the molecule is COc1ccccc1-c1nnc(C(=O)N2CCN(C(C)=O)CC2)o1. The van der Waals surface area contributed by atoms with Crippen molar-refractivity contribution in [3.63, 3.8) is 0 Å². The lowest BCUT2D eigenvalue weighted by atomic mass is 10.2. The first-order chi connectivity index (χ1) is 11.6. The fourth-order valence-corrected chi connectivity index (χ4v) is 2.60. The van der Waals surface area contributed by atoms with Crippen LogP contribution in [0.1, 0.15) is 17.6 Å². The van der Waals surface area contributed by atoms with Gasteiger partial charge in [-0.15, -0.1) is 10.2 Å². The van der Waals surface area contributed by atoms with Gasteiger partial charge in [0, 0.05) is 33.1 Å². The minimum absolute atomic E-state index is 0.0124. The molecule has 3 rings (SSSR count). The number of aromatic nitrogens is 2. The summed E-state index contributed by atoms with van der Waals surface area (Å²) in [6.07, 6.45) is 0. The summed E-state index contributed by atoms with van der Waals surface area (Å²) in [5, 5.41) is 7.80. The van der Waals surface area contributed by atoms with E-state index < -0.39 is 0 Å². The number of hydrogen-bond acceptors (Lipinski definition) is 6. The van der Waals surface area contributed by atoms with E-state index in [-0.39, 0.29) is 23.6 Å². The average Bonchev–Trinajstić information content (AvgIpc) is 3.11. The Balaban J connectivity index is 1.74. The molecule has 0 aliphatic carbocycles. The number of carbonyl (C=O) groups is 2. The van der Waals surface area contributed by atoms with Crippen LogP contribution in [0.5, 0.6) is 5.75 Å². The molecule has 8 heteroatoms. The van der Waals surface area contributed by atoms with Gasteiger partial charge in [0.05, 0.1) is 12.7 Å². The Morgan fingerprint density at radius 1 is 1.08 bits per heavy atom. The first-order valence-corrected chi connectivity index (χ1v) is 7.62. The molecule has 1 fully saturated rings. The number of carbonyl (C=O) groups excluding carboxylic acids is 2. The van der Waals surface area contributed by atoms with Gasteiger partial charge in [-0.1, -0.05) is 12.1 Å². The molecule has 126 valence electrons. The van der Waals surface area contributed by atoms with Gasteiger partial charge in [-0.25, -0.2) is 0 Å². The number of nitrogens with zero attached hydrogens (tertiary/aromatic N) is 4. The maximum absolute atomic E-state index is 12.5. The van der Waals surface area contributed by atoms with Crippen molar-refractivity contribution in [3.05, 3.63) is 30.2 Å². The molecule has 1 aliphatic rings. The lowest BCUT2D eigenvalue weighted by molar-refractivity contribution is -0.130. The van der Waals surface area contributed by atoms with Crippen LogP contribution < -0.4 is 4.74 Å². The Morgan fingerprint density at radius 2 is 1.75 bits per heavy atom. The van der Waals surface area contributed by atoms with Crippen molar-refractivity contribution in [3.8, 4) is 17.2 Å². The Labute approximate surface area is 139 Å². The summed E-state index contributed by atoms with van der Waals surface area (Å²) < 4.78 is 10.8. The predicted octanol–water partition coefficient (Wildman–Crippen LogP) is 1.05. The van der Waals surface area contributed by atoms with Crippen molar-refractivity contribution in [2.75, 3.05) is 33.3 Å². The zero-order chi connectivity index (χ0) is 17.1. The normalized spacial score (nSPS) is 14.6. The van der Waals surface area contributed by atoms with Crippen molar-refractivity contribution in [2.24, 2.45) is 0 Å². The van der Waals surface area contributed by atoms with Crippen LogP contribution in [-0.2, 0) is 4.79 Å². The topological polar surface area (TPSA) is 88.8 Å². The molecule has 1 aromatic heterocycles. The smallest absolute Gasteiger partial charge is 0.311 e. The van der Waals surface area contributed by atoms with Crippen LogP contribution in [0.25, 0.3) is 11.5 Å². The molecule has 0 bridgehead atoms. The van der Waals surface area contributed by atoms with E-state index in [1.54, 1.807) is 29.0 Å². The molecule has 0 atom stereocenters. The lowest BCUT2D eigenvalue weighted by Crippen LogP contribution is -2.50. The van der Waals surface area contributed by atoms with E-state index in [4.69, 9.17) is 9.15 Å². The second-order valence-electron chi connectivity index (χ2n) is 5.41. The molecule has 0 saturated carbocycles. The molecule has 8 nitrogen and oxygen atoms in total. The van der Waals surface area contributed by atoms with Crippen LogP contribution in [-0.4, -0.2) is 65.1 Å². The first kappa shape index (κ1) is 16.0. The van der Waals surface area contributed by atoms with Crippen LogP contribution in [0.15, 0.2) is 28.7 Å². The maximum Gasteiger partial charge on any atom is 0.311 e. The second kappa shape index (κ2) is 6.69. The van der Waals surface area contributed by atoms with Gasteiger partial charge in [0.25, 0.3) is 5.89 Å². The van der Waals surface area contributed by atoms with Crippen LogP contribution in [0.2, 0.25) is 0 Å². The Kier molecular flexibility index (Phi) is 4.45. The number of rotatable bonds is 3. The summed E-state index contributed by atoms with van der Waals surface area (Å²) in [5.74, 6) is 0.450. The average molecular weight is 330 g/mol. The third-order valence-electron chi connectivity index (χ3n) is 3.96. The van der Waals surface area contributed by atoms with E-state index in [0.717, 1.165) is 0 Å². The minimum Gasteiger partial charge on any atom is -0.496 e. The number of methoxy groups -OCH3 is 1. The van der Waals surface area contributed by atoms with Crippen LogP contribution >= 0.6 is 0 Å². The molecule has 2 amide bonds. The van der Waals surface area contributed by atoms with E-state index in [1.165, 1.54) is 6.92 Å². The molecular formula is C16H18N4O4. The summed E-state index contributed by atoms with van der Waals surface area (Å²) in [6, 6.07) is 7.22. The maximum atomic E-state index is 12.5. The highest BCUT2D eigenvalue weighted by Gasteiger charge is 2.27. The standard InChI is InChI=1S/C16H18N4O4/c1-11(21)19-7-9-20(10-8-19)16(22)15-18-17-14(24-15)12-5-3-4-6-13(12)23-2/h3-6H,7-10H2,1-2H3. The van der Waals surface area contributed by atoms with Gasteiger partial charge in [-0.2, -0.15) is 0 Å². The largest absolute Gasteiger partial charge is 0.496 e. The van der Waals surface area contributed by atoms with Crippen molar-refractivity contribution in [1.82, 2.24) is 20.0 Å². The molecule has 24 heavy (non-hydrogen) atoms. The zero-order valence-corrected chi connectivity index (χ0v) is 13.6. The third-order valence-corrected chi connectivity index (χ3v) is 3.96. The van der Waals surface area contributed by atoms with Crippen molar-refractivity contribution >= 4 is 11.8 Å². The van der Waals surface area contributed by atoms with Gasteiger partial charge in [-0.05, 0) is 12.1 Å². The van der Waals surface area contributed by atoms with Crippen molar-refractivity contribution in [1.29, 1.82) is 0 Å². The molecule has 0 unspecified atom stereocenters. The van der Waals surface area contributed by atoms with E-state index >= 15 is 0 Å². The number of ether oxygens (including phenoxy) is 1. The summed E-state index contributed by atoms with van der Waals surface area (Å²) >= 11 is 0. The van der Waals surface area contributed by atoms with Crippen molar-refractivity contribution < 1.29 is 18.7 Å². The number of amides is 2. The molecule has 2 aromatic rings. The van der Waals surface area contributed by atoms with Crippen LogP contribution in [0.3, 0.4) is 0 Å². The molecule has 1 saturated heterocycles. The molecule has 1 aliphatic heterocycles. The number of benzene rings is 1. The molecule has 0 spiro atoms. The third kappa shape index (κ3) is 3.08. The summed E-state index contributed by atoms with van der Waals surface area (Å²) in [5.41, 5.74) is 0.632. The number of piperazine rings is 1. The molecule has 1 aromatic carbocycles. The van der Waals surface area contributed by atoms with Gasteiger partial charge in [0.1, 0.15) is 5.75 Å². The summed E-state index contributed by atoms with van der Waals surface area (Å²) in [6.45, 7) is 3.44. The van der Waals surface area contributed by atoms with Crippen molar-refractivity contribution in [2.45, 2.75) is 6.92 Å². The zero-order valence-electron chi connectivity index (χ0n) is 13.6. The van der Waals surface area contributed by atoms with Gasteiger partial charge < -0.3 is 19.0 Å². The minimum atomic E-state index is -0.327. The van der Waals surface area contributed by atoms with Gasteiger partial charge in [0.15, 0.2) is 0 Å². The number of para-hydroxylation sites is 1. The van der Waals surface area contributed by atoms with Crippen LogP contribution in [0.4, 0.5) is 0 Å². The summed E-state index contributed by atoms with van der Waals surface area (Å²) in [7, 11) is 1.55. The van der Waals surface area contributed by atoms with Crippen LogP contribution in [0, 0.1) is 0 Å². The molecule has 0 N–H and O–H groups in total. The second-order valence-corrected chi connectivity index (χ2v) is 5.41. The fraction of sp³-hybridized carbons (Fsp3) is 0.375. The van der Waals surface area contributed by atoms with E-state index in [0.29, 0.717) is 37.5 Å². The van der Waals surface area contributed by atoms with E-state index in [9.17, 15) is 9.59 Å². The van der Waals surface area contributed by atoms with Gasteiger partial charge >= 0.3 is 11.8 Å². The van der Waals surface area contributed by atoms with E-state index in [1.807, 2.05) is 12.1 Å². The highest BCUT2D eigenvalue weighted by molar-refractivity contribution is 5.90. The fourth-order valence-electron chi connectivity index (χ4n) is 2.60. The predicted molar refractivity (Wildman–Crippen MR) is 84.4 cm³/mol. The Bertz CT molecular complexity index is 750. The summed E-state index contributed by atoms with van der Waals surface area (Å²) in [4.78, 5) is 27.1.